The highest BCUT2D eigenvalue weighted by molar-refractivity contribution is 5.91. The molecule has 1 aromatic carbocycles. The number of pyridine rings is 1. The van der Waals surface area contributed by atoms with Gasteiger partial charge in [-0.3, -0.25) is 9.88 Å². The van der Waals surface area contributed by atoms with Crippen LogP contribution in [0.4, 0.5) is 10.1 Å². The number of morpholine rings is 1. The highest BCUT2D eigenvalue weighted by Gasteiger charge is 2.32. The Labute approximate surface area is 135 Å². The molecule has 0 bridgehead atoms. The minimum Gasteiger partial charge on any atom is -0.382 e. The molecule has 2 aliphatic rings. The molecule has 0 spiro atoms. The minimum absolute atomic E-state index is 0.182. The van der Waals surface area contributed by atoms with Crippen LogP contribution in [-0.4, -0.2) is 48.3 Å². The Morgan fingerprint density at radius 3 is 3.04 bits per heavy atom. The Balaban J connectivity index is 1.49. The summed E-state index contributed by atoms with van der Waals surface area (Å²) >= 11 is 0. The number of benzene rings is 1. The molecular weight excluding hydrogens is 293 g/mol. The number of fused-ring (bicyclic) bond motifs is 1. The van der Waals surface area contributed by atoms with Crippen LogP contribution in [0.5, 0.6) is 0 Å². The molecule has 1 unspecified atom stereocenters. The lowest BCUT2D eigenvalue weighted by atomic mass is 10.1. The van der Waals surface area contributed by atoms with Crippen LogP contribution in [0.1, 0.15) is 18.5 Å². The van der Waals surface area contributed by atoms with Gasteiger partial charge in [-0.05, 0) is 44.0 Å². The summed E-state index contributed by atoms with van der Waals surface area (Å²) < 4.78 is 19.5. The van der Waals surface area contributed by atoms with Gasteiger partial charge in [0.1, 0.15) is 5.82 Å². The Bertz CT molecular complexity index is 717. The van der Waals surface area contributed by atoms with Crippen LogP contribution in [0.15, 0.2) is 24.3 Å². The second-order valence-corrected chi connectivity index (χ2v) is 6.57. The van der Waals surface area contributed by atoms with E-state index in [1.807, 2.05) is 13.0 Å². The van der Waals surface area contributed by atoms with Gasteiger partial charge < -0.3 is 10.1 Å². The number of hydrogen-bond acceptors (Lipinski definition) is 4. The van der Waals surface area contributed by atoms with Gasteiger partial charge in [0.2, 0.25) is 0 Å². The summed E-state index contributed by atoms with van der Waals surface area (Å²) in [7, 11) is 0. The van der Waals surface area contributed by atoms with Crippen LogP contribution in [-0.2, 0) is 4.74 Å². The maximum Gasteiger partial charge on any atom is 0.124 e. The minimum atomic E-state index is -0.236. The molecule has 1 N–H and O–H groups in total. The predicted molar refractivity (Wildman–Crippen MR) is 89.3 cm³/mol. The van der Waals surface area contributed by atoms with Crippen molar-refractivity contribution < 1.29 is 9.13 Å². The lowest BCUT2D eigenvalue weighted by Crippen LogP contribution is -2.46. The lowest BCUT2D eigenvalue weighted by Gasteiger charge is -2.33. The Morgan fingerprint density at radius 1 is 1.35 bits per heavy atom. The van der Waals surface area contributed by atoms with E-state index in [0.717, 1.165) is 54.6 Å². The average Bonchev–Trinajstić information content (AvgIpc) is 3.38. The highest BCUT2D eigenvalue weighted by Crippen LogP contribution is 2.29. The van der Waals surface area contributed by atoms with Gasteiger partial charge >= 0.3 is 0 Å². The normalized spacial score (nSPS) is 22.4. The number of anilines is 1. The molecule has 1 saturated heterocycles. The molecule has 1 aromatic heterocycles. The smallest absolute Gasteiger partial charge is 0.124 e. The number of ether oxygens (including phenoxy) is 1. The number of nitrogens with one attached hydrogen (secondary N) is 1. The fraction of sp³-hybridized carbons (Fsp3) is 0.500. The molecule has 2 fully saturated rings. The third kappa shape index (κ3) is 3.31. The van der Waals surface area contributed by atoms with Crippen LogP contribution in [0, 0.1) is 12.7 Å². The zero-order chi connectivity index (χ0) is 15.8. The third-order valence-electron chi connectivity index (χ3n) is 4.65. The van der Waals surface area contributed by atoms with Gasteiger partial charge in [-0.2, -0.15) is 0 Å². The first-order chi connectivity index (χ1) is 11.2. The first-order valence-electron chi connectivity index (χ1n) is 8.35. The first kappa shape index (κ1) is 14.8. The fourth-order valence-corrected chi connectivity index (χ4v) is 3.34. The molecule has 1 atom stereocenters. The van der Waals surface area contributed by atoms with E-state index in [1.54, 1.807) is 12.1 Å². The lowest BCUT2D eigenvalue weighted by molar-refractivity contribution is -0.0241. The summed E-state index contributed by atoms with van der Waals surface area (Å²) in [5.41, 5.74) is 2.67. The van der Waals surface area contributed by atoms with Crippen molar-refractivity contribution in [1.29, 1.82) is 0 Å². The van der Waals surface area contributed by atoms with Crippen molar-refractivity contribution in [2.45, 2.75) is 31.9 Å². The predicted octanol–water partition coefficient (Wildman–Crippen LogP) is 2.96. The molecule has 4 nitrogen and oxygen atoms in total. The van der Waals surface area contributed by atoms with Gasteiger partial charge in [0.25, 0.3) is 0 Å². The maximum absolute atomic E-state index is 13.6. The summed E-state index contributed by atoms with van der Waals surface area (Å²) in [5, 5.41) is 4.27. The molecule has 1 aliphatic heterocycles. The third-order valence-corrected chi connectivity index (χ3v) is 4.65. The van der Waals surface area contributed by atoms with Crippen LogP contribution in [0.25, 0.3) is 10.9 Å². The van der Waals surface area contributed by atoms with Crippen molar-refractivity contribution in [2.24, 2.45) is 0 Å². The summed E-state index contributed by atoms with van der Waals surface area (Å²) in [6.07, 6.45) is 2.84. The topological polar surface area (TPSA) is 37.4 Å². The molecule has 122 valence electrons. The summed E-state index contributed by atoms with van der Waals surface area (Å²) in [4.78, 5) is 7.00. The number of hydrogen-bond donors (Lipinski definition) is 1. The van der Waals surface area contributed by atoms with Crippen molar-refractivity contribution in [3.63, 3.8) is 0 Å². The van der Waals surface area contributed by atoms with Crippen molar-refractivity contribution in [2.75, 3.05) is 31.6 Å². The highest BCUT2D eigenvalue weighted by atomic mass is 19.1. The molecule has 5 heteroatoms. The van der Waals surface area contributed by atoms with E-state index in [2.05, 4.69) is 15.2 Å². The SMILES string of the molecule is Cc1cc(NCC2CN(C3CC3)CCO2)c2cc(F)ccc2n1. The van der Waals surface area contributed by atoms with Crippen LogP contribution in [0.2, 0.25) is 0 Å². The summed E-state index contributed by atoms with van der Waals surface area (Å²) in [6.45, 7) is 5.52. The number of halogens is 1. The molecule has 2 heterocycles. The van der Waals surface area contributed by atoms with Crippen molar-refractivity contribution in [1.82, 2.24) is 9.88 Å². The van der Waals surface area contributed by atoms with Crippen molar-refractivity contribution >= 4 is 16.6 Å². The van der Waals surface area contributed by atoms with Crippen molar-refractivity contribution in [3.05, 3.63) is 35.8 Å². The van der Waals surface area contributed by atoms with Gasteiger partial charge in [-0.25, -0.2) is 4.39 Å². The standard InChI is InChI=1S/C18H22FN3O/c1-12-8-18(16-9-13(19)2-5-17(16)21-12)20-10-15-11-22(6-7-23-15)14-3-4-14/h2,5,8-9,14-15H,3-4,6-7,10-11H2,1H3,(H,20,21). The molecular formula is C18H22FN3O. The Kier molecular flexibility index (Phi) is 3.91. The average molecular weight is 315 g/mol. The van der Waals surface area contributed by atoms with Gasteiger partial charge in [0.15, 0.2) is 0 Å². The molecule has 2 aromatic rings. The first-order valence-corrected chi connectivity index (χ1v) is 8.35. The second kappa shape index (κ2) is 6.06. The molecule has 0 radical (unpaired) electrons. The van der Waals surface area contributed by atoms with Gasteiger partial charge in [0.05, 0.1) is 18.2 Å². The van der Waals surface area contributed by atoms with E-state index in [0.29, 0.717) is 0 Å². The quantitative estimate of drug-likeness (QED) is 0.941. The number of aromatic nitrogens is 1. The van der Waals surface area contributed by atoms with Crippen LogP contribution >= 0.6 is 0 Å². The molecule has 1 saturated carbocycles. The van der Waals surface area contributed by atoms with Crippen molar-refractivity contribution in [3.8, 4) is 0 Å². The molecule has 1 aliphatic carbocycles. The van der Waals surface area contributed by atoms with Crippen LogP contribution < -0.4 is 5.32 Å². The number of rotatable bonds is 4. The second-order valence-electron chi connectivity index (χ2n) is 6.57. The fourth-order valence-electron chi connectivity index (χ4n) is 3.34. The van der Waals surface area contributed by atoms with E-state index in [1.165, 1.54) is 18.9 Å². The maximum atomic E-state index is 13.6. The zero-order valence-electron chi connectivity index (χ0n) is 13.4. The Hall–Kier alpha value is -1.72. The van der Waals surface area contributed by atoms with E-state index >= 15 is 0 Å². The van der Waals surface area contributed by atoms with E-state index in [4.69, 9.17) is 4.74 Å². The van der Waals surface area contributed by atoms with Gasteiger partial charge in [0, 0.05) is 42.4 Å². The molecule has 4 rings (SSSR count). The van der Waals surface area contributed by atoms with Crippen LogP contribution in [0.3, 0.4) is 0 Å². The zero-order valence-corrected chi connectivity index (χ0v) is 13.4. The number of nitrogens with zero attached hydrogens (tertiary/aromatic N) is 2. The number of aryl methyl sites for hydroxylation is 1. The Morgan fingerprint density at radius 2 is 2.22 bits per heavy atom. The van der Waals surface area contributed by atoms with E-state index < -0.39 is 0 Å². The van der Waals surface area contributed by atoms with Gasteiger partial charge in [-0.1, -0.05) is 0 Å². The van der Waals surface area contributed by atoms with E-state index in [-0.39, 0.29) is 11.9 Å². The largest absolute Gasteiger partial charge is 0.382 e. The van der Waals surface area contributed by atoms with E-state index in [9.17, 15) is 4.39 Å². The summed E-state index contributed by atoms with van der Waals surface area (Å²) in [5.74, 6) is -0.236. The summed E-state index contributed by atoms with van der Waals surface area (Å²) in [6, 6.07) is 7.48. The monoisotopic (exact) mass is 315 g/mol. The van der Waals surface area contributed by atoms with Gasteiger partial charge in [-0.15, -0.1) is 0 Å². The molecule has 23 heavy (non-hydrogen) atoms. The molecule has 0 amide bonds.